The van der Waals surface area contributed by atoms with Crippen molar-refractivity contribution in [1.82, 2.24) is 4.98 Å². The van der Waals surface area contributed by atoms with Crippen LogP contribution in [0.1, 0.15) is 25.0 Å². The first-order valence-electron chi connectivity index (χ1n) is 14.1. The van der Waals surface area contributed by atoms with Crippen LogP contribution in [0.2, 0.25) is 0 Å². The highest BCUT2D eigenvalue weighted by molar-refractivity contribution is 7.21. The number of aromatic nitrogens is 1. The van der Waals surface area contributed by atoms with E-state index in [1.165, 1.54) is 49.0 Å². The van der Waals surface area contributed by atoms with Crippen LogP contribution >= 0.6 is 11.3 Å². The lowest BCUT2D eigenvalue weighted by molar-refractivity contribution is 0.661. The molecule has 1 heterocycles. The fourth-order valence-electron chi connectivity index (χ4n) is 6.33. The summed E-state index contributed by atoms with van der Waals surface area (Å²) in [5, 5.41) is 3.58. The molecule has 41 heavy (non-hydrogen) atoms. The van der Waals surface area contributed by atoms with E-state index in [1.54, 1.807) is 11.3 Å². The lowest BCUT2D eigenvalue weighted by atomic mass is 9.82. The Hall–Kier alpha value is -4.73. The van der Waals surface area contributed by atoms with Gasteiger partial charge in [0.25, 0.3) is 0 Å². The molecule has 0 N–H and O–H groups in total. The van der Waals surface area contributed by atoms with Gasteiger partial charge in [0.1, 0.15) is 5.01 Å². The van der Waals surface area contributed by atoms with Crippen molar-refractivity contribution < 1.29 is 0 Å². The molecule has 6 aromatic carbocycles. The van der Waals surface area contributed by atoms with E-state index in [4.69, 9.17) is 4.98 Å². The molecule has 7 aromatic rings. The van der Waals surface area contributed by atoms with Gasteiger partial charge in [-0.3, -0.25) is 0 Å². The van der Waals surface area contributed by atoms with E-state index < -0.39 is 0 Å². The second-order valence-electron chi connectivity index (χ2n) is 11.3. The van der Waals surface area contributed by atoms with E-state index in [9.17, 15) is 0 Å². The van der Waals surface area contributed by atoms with Crippen molar-refractivity contribution in [3.05, 3.63) is 145 Å². The molecular weight excluding hydrogens is 516 g/mol. The van der Waals surface area contributed by atoms with Crippen LogP contribution in [0.15, 0.2) is 133 Å². The second-order valence-corrected chi connectivity index (χ2v) is 12.3. The maximum atomic E-state index is 5.13. The highest BCUT2D eigenvalue weighted by atomic mass is 32.1. The van der Waals surface area contributed by atoms with Gasteiger partial charge < -0.3 is 4.90 Å². The summed E-state index contributed by atoms with van der Waals surface area (Å²) in [5.41, 5.74) is 10.9. The largest absolute Gasteiger partial charge is 0.310 e. The van der Waals surface area contributed by atoms with Crippen LogP contribution in [0.5, 0.6) is 0 Å². The van der Waals surface area contributed by atoms with Gasteiger partial charge in [-0.25, -0.2) is 4.98 Å². The highest BCUT2D eigenvalue weighted by Crippen LogP contribution is 2.52. The predicted molar refractivity (Wildman–Crippen MR) is 175 cm³/mol. The number of benzene rings is 6. The normalized spacial score (nSPS) is 13.3. The Morgan fingerprint density at radius 3 is 1.95 bits per heavy atom. The van der Waals surface area contributed by atoms with Crippen LogP contribution in [-0.4, -0.2) is 4.98 Å². The highest BCUT2D eigenvalue weighted by Gasteiger charge is 2.36. The molecule has 1 aliphatic carbocycles. The zero-order chi connectivity index (χ0) is 27.6. The molecule has 0 spiro atoms. The summed E-state index contributed by atoms with van der Waals surface area (Å²) >= 11 is 1.78. The van der Waals surface area contributed by atoms with Gasteiger partial charge in [-0.15, -0.1) is 11.3 Å². The average Bonchev–Trinajstić information content (AvgIpc) is 3.53. The van der Waals surface area contributed by atoms with Crippen molar-refractivity contribution in [2.24, 2.45) is 0 Å². The molecule has 0 saturated carbocycles. The van der Waals surface area contributed by atoms with Crippen LogP contribution in [0.4, 0.5) is 17.1 Å². The molecule has 2 nitrogen and oxygen atoms in total. The third-order valence-corrected chi connectivity index (χ3v) is 9.52. The molecule has 0 fully saturated rings. The average molecular weight is 545 g/mol. The van der Waals surface area contributed by atoms with Crippen molar-refractivity contribution in [1.29, 1.82) is 0 Å². The van der Waals surface area contributed by atoms with Gasteiger partial charge in [0.05, 0.1) is 10.2 Å². The number of hydrogen-bond acceptors (Lipinski definition) is 3. The van der Waals surface area contributed by atoms with Gasteiger partial charge >= 0.3 is 0 Å². The molecule has 0 bridgehead atoms. The maximum Gasteiger partial charge on any atom is 0.124 e. The van der Waals surface area contributed by atoms with E-state index in [1.807, 2.05) is 0 Å². The Bertz CT molecular complexity index is 2030. The fraction of sp³-hybridized carbons (Fsp3) is 0.0789. The number of fused-ring (bicyclic) bond motifs is 5. The first-order valence-corrected chi connectivity index (χ1v) is 14.9. The molecule has 0 radical (unpaired) electrons. The molecule has 0 amide bonds. The SMILES string of the molecule is CC1(C)c2cc(N(c3ccccc3)c3ccccc3)ccc2-c2cc3sc(-c4ccc5ccccc5c4)nc3cc21. The summed E-state index contributed by atoms with van der Waals surface area (Å²) < 4.78 is 1.23. The van der Waals surface area contributed by atoms with Crippen molar-refractivity contribution in [2.45, 2.75) is 19.3 Å². The zero-order valence-electron chi connectivity index (χ0n) is 23.0. The van der Waals surface area contributed by atoms with E-state index in [2.05, 4.69) is 152 Å². The first kappa shape index (κ1) is 24.1. The molecule has 0 aliphatic heterocycles. The second kappa shape index (κ2) is 9.15. The number of anilines is 3. The molecule has 1 aromatic heterocycles. The van der Waals surface area contributed by atoms with Crippen LogP contribution in [-0.2, 0) is 5.41 Å². The van der Waals surface area contributed by atoms with Crippen LogP contribution in [0.3, 0.4) is 0 Å². The minimum atomic E-state index is -0.138. The summed E-state index contributed by atoms with van der Waals surface area (Å²) in [6.45, 7) is 4.69. The molecule has 1 aliphatic rings. The van der Waals surface area contributed by atoms with E-state index in [-0.39, 0.29) is 5.41 Å². The third kappa shape index (κ3) is 3.88. The Morgan fingerprint density at radius 2 is 1.22 bits per heavy atom. The minimum absolute atomic E-state index is 0.138. The number of hydrogen-bond donors (Lipinski definition) is 0. The Balaban J connectivity index is 1.24. The van der Waals surface area contributed by atoms with Crippen molar-refractivity contribution in [3.8, 4) is 21.7 Å². The van der Waals surface area contributed by atoms with Gasteiger partial charge in [0.2, 0.25) is 0 Å². The molecule has 0 saturated heterocycles. The third-order valence-electron chi connectivity index (χ3n) is 8.45. The number of thiazole rings is 1. The molecule has 196 valence electrons. The maximum absolute atomic E-state index is 5.13. The first-order chi connectivity index (χ1) is 20.1. The monoisotopic (exact) mass is 544 g/mol. The smallest absolute Gasteiger partial charge is 0.124 e. The van der Waals surface area contributed by atoms with Crippen molar-refractivity contribution in [3.63, 3.8) is 0 Å². The molecular formula is C38H28N2S. The summed E-state index contributed by atoms with van der Waals surface area (Å²) in [4.78, 5) is 7.47. The van der Waals surface area contributed by atoms with Gasteiger partial charge in [0, 0.05) is 28.0 Å². The van der Waals surface area contributed by atoms with Crippen LogP contribution < -0.4 is 4.90 Å². The van der Waals surface area contributed by atoms with Gasteiger partial charge in [-0.2, -0.15) is 0 Å². The van der Waals surface area contributed by atoms with Gasteiger partial charge in [0.15, 0.2) is 0 Å². The predicted octanol–water partition coefficient (Wildman–Crippen LogP) is 10.9. The number of para-hydroxylation sites is 2. The Labute approximate surface area is 244 Å². The van der Waals surface area contributed by atoms with Gasteiger partial charge in [-0.1, -0.05) is 92.7 Å². The van der Waals surface area contributed by atoms with Crippen LogP contribution in [0.25, 0.3) is 42.7 Å². The zero-order valence-corrected chi connectivity index (χ0v) is 23.8. The molecule has 8 rings (SSSR count). The standard InChI is InChI=1S/C38H28N2S/c1-38(2)33-22-30(40(28-13-5-3-6-14-28)29-15-7-4-8-16-29)19-20-31(33)32-23-36-35(24-34(32)38)39-37(41-36)27-18-17-25-11-9-10-12-26(25)21-27/h3-24H,1-2H3. The molecule has 0 atom stereocenters. The molecule has 0 unspecified atom stereocenters. The van der Waals surface area contributed by atoms with E-state index in [0.717, 1.165) is 21.9 Å². The van der Waals surface area contributed by atoms with E-state index >= 15 is 0 Å². The number of rotatable bonds is 4. The summed E-state index contributed by atoms with van der Waals surface area (Å²) in [6.07, 6.45) is 0. The Kier molecular flexibility index (Phi) is 5.38. The summed E-state index contributed by atoms with van der Waals surface area (Å²) in [6, 6.07) is 48.1. The number of nitrogens with zero attached hydrogens (tertiary/aromatic N) is 2. The summed E-state index contributed by atoms with van der Waals surface area (Å²) in [7, 11) is 0. The lowest BCUT2D eigenvalue weighted by Crippen LogP contribution is -2.16. The van der Waals surface area contributed by atoms with Crippen molar-refractivity contribution >= 4 is 49.4 Å². The van der Waals surface area contributed by atoms with Crippen molar-refractivity contribution in [2.75, 3.05) is 4.90 Å². The fourth-order valence-corrected chi connectivity index (χ4v) is 7.31. The quantitative estimate of drug-likeness (QED) is 0.219. The molecule has 3 heteroatoms. The van der Waals surface area contributed by atoms with E-state index in [0.29, 0.717) is 0 Å². The lowest BCUT2D eigenvalue weighted by Gasteiger charge is -2.28. The minimum Gasteiger partial charge on any atom is -0.310 e. The van der Waals surface area contributed by atoms with Gasteiger partial charge in [-0.05, 0) is 87.6 Å². The summed E-state index contributed by atoms with van der Waals surface area (Å²) in [5.74, 6) is 0. The topological polar surface area (TPSA) is 16.1 Å². The Morgan fingerprint density at radius 1 is 0.561 bits per heavy atom. The van der Waals surface area contributed by atoms with Crippen LogP contribution in [0, 0.1) is 0 Å².